The molecule has 0 amide bonds. The van der Waals surface area contributed by atoms with E-state index in [0.29, 0.717) is 0 Å². The quantitative estimate of drug-likeness (QED) is 0.609. The van der Waals surface area contributed by atoms with Crippen LogP contribution in [0.25, 0.3) is 0 Å². The third-order valence-electron chi connectivity index (χ3n) is 1.08. The third-order valence-corrected chi connectivity index (χ3v) is 1.08. The fourth-order valence-electron chi connectivity index (χ4n) is 0.745. The van der Waals surface area contributed by atoms with Crippen molar-refractivity contribution in [3.05, 3.63) is 0 Å². The molecule has 1 aliphatic rings. The van der Waals surface area contributed by atoms with Crippen molar-refractivity contribution in [2.75, 3.05) is 26.0 Å². The predicted molar refractivity (Wildman–Crippen MR) is 51.3 cm³/mol. The summed E-state index contributed by atoms with van der Waals surface area (Å²) in [5.41, 5.74) is -1.23. The van der Waals surface area contributed by atoms with Gasteiger partial charge in [0.25, 0.3) is 0 Å². The molecule has 1 saturated heterocycles. The van der Waals surface area contributed by atoms with E-state index < -0.39 is 37.5 Å². The molecule has 0 bridgehead atoms. The molecule has 12 heavy (non-hydrogen) atoms. The molecule has 0 aromatic heterocycles. The minimum Gasteiger partial charge on any atom is -0.376 e. The van der Waals surface area contributed by atoms with Gasteiger partial charge in [-0.3, -0.25) is 4.90 Å². The van der Waals surface area contributed by atoms with Crippen LogP contribution in [0.1, 0.15) is 40.0 Å². The molecule has 0 aromatic rings. The molecular weight excluding hydrogens is 150 g/mol. The Morgan fingerprint density at radius 3 is 3.00 bits per heavy atom. The summed E-state index contributed by atoms with van der Waals surface area (Å²) >= 11 is 0. The fraction of sp³-hybridized carbons (Fsp3) is 1.00. The van der Waals surface area contributed by atoms with Gasteiger partial charge >= 0.3 is 0 Å². The molecule has 1 fully saturated rings. The van der Waals surface area contributed by atoms with Crippen LogP contribution in [0.15, 0.2) is 0 Å². The molecule has 1 rings (SSSR count). The Morgan fingerprint density at radius 2 is 2.42 bits per heavy atom. The number of ether oxygens (including phenoxy) is 1. The molecule has 1 unspecified atom stereocenters. The van der Waals surface area contributed by atoms with E-state index in [2.05, 4.69) is 4.74 Å². The molecule has 1 heterocycles. The zero-order valence-corrected chi connectivity index (χ0v) is 7.86. The smallest absolute Gasteiger partial charge is 0.0674 e. The molecular formula is C10H21NO. The van der Waals surface area contributed by atoms with E-state index in [4.69, 9.17) is 12.3 Å². The van der Waals surface area contributed by atoms with Crippen LogP contribution in [0.2, 0.25) is 0 Å². The summed E-state index contributed by atoms with van der Waals surface area (Å²) in [7, 11) is 0. The second-order valence-electron chi connectivity index (χ2n) is 3.68. The minimum absolute atomic E-state index is 0.156. The van der Waals surface area contributed by atoms with Gasteiger partial charge in [0.1, 0.15) is 0 Å². The van der Waals surface area contributed by atoms with Crippen LogP contribution in [-0.4, -0.2) is 37.0 Å². The molecule has 0 N–H and O–H groups in total. The summed E-state index contributed by atoms with van der Waals surface area (Å²) < 4.78 is 75.9. The van der Waals surface area contributed by atoms with E-state index in [1.807, 2.05) is 0 Å². The van der Waals surface area contributed by atoms with Gasteiger partial charge in [-0.05, 0) is 12.3 Å². The van der Waals surface area contributed by atoms with Crippen molar-refractivity contribution in [1.29, 1.82) is 0 Å². The van der Waals surface area contributed by atoms with E-state index >= 15 is 0 Å². The minimum atomic E-state index is -3.10. The molecule has 1 aliphatic heterocycles. The van der Waals surface area contributed by atoms with Crippen molar-refractivity contribution in [1.82, 2.24) is 4.90 Å². The van der Waals surface area contributed by atoms with Crippen LogP contribution in [0.4, 0.5) is 0 Å². The molecule has 0 radical (unpaired) electrons. The van der Waals surface area contributed by atoms with Gasteiger partial charge in [-0.15, -0.1) is 0 Å². The fourth-order valence-corrected chi connectivity index (χ4v) is 0.745. The highest BCUT2D eigenvalue weighted by molar-refractivity contribution is 4.73. The van der Waals surface area contributed by atoms with E-state index in [9.17, 15) is 0 Å². The molecule has 0 aliphatic carbocycles. The molecule has 2 heteroatoms. The van der Waals surface area contributed by atoms with Crippen molar-refractivity contribution in [2.24, 2.45) is 5.41 Å². The van der Waals surface area contributed by atoms with Gasteiger partial charge in [0.15, 0.2) is 0 Å². The first kappa shape index (κ1) is 3.25. The number of nitrogens with zero attached hydrogens (tertiary/aromatic N) is 1. The summed E-state index contributed by atoms with van der Waals surface area (Å²) in [6.45, 7) is -6.31. The maximum atomic E-state index is 8.14. The van der Waals surface area contributed by atoms with Gasteiger partial charge in [-0.25, -0.2) is 0 Å². The van der Waals surface area contributed by atoms with E-state index in [-0.39, 0.29) is 4.90 Å². The normalized spacial score (nSPS) is 58.5. The Labute approximate surface area is 88.5 Å². The highest BCUT2D eigenvalue weighted by Gasteiger charge is 2.21. The Morgan fingerprint density at radius 1 is 1.75 bits per heavy atom. The molecule has 0 spiro atoms. The van der Waals surface area contributed by atoms with E-state index in [0.717, 1.165) is 6.92 Å². The number of morpholine rings is 1. The van der Waals surface area contributed by atoms with Gasteiger partial charge in [-0.1, -0.05) is 20.8 Å². The van der Waals surface area contributed by atoms with E-state index in [1.54, 1.807) is 0 Å². The lowest BCUT2D eigenvalue weighted by molar-refractivity contribution is -0.0276. The van der Waals surface area contributed by atoms with Crippen molar-refractivity contribution < 1.29 is 17.1 Å². The lowest BCUT2D eigenvalue weighted by Gasteiger charge is -2.35. The van der Waals surface area contributed by atoms with Gasteiger partial charge in [0, 0.05) is 27.7 Å². The zero-order valence-electron chi connectivity index (χ0n) is 16.9. The van der Waals surface area contributed by atoms with Crippen molar-refractivity contribution in [3.63, 3.8) is 0 Å². The average Bonchev–Trinajstić information content (AvgIpc) is 2.09. The molecule has 1 atom stereocenters. The standard InChI is InChI=1S/C10H21NO/c1-9-7-11(5-6-12-9)8-10(2,3)4/h9H,5-8H2,1-4H3/i5D2,6D2,7D2,8D2,9D. The number of hydrogen-bond donors (Lipinski definition) is 0. The Hall–Kier alpha value is -0.0800. The van der Waals surface area contributed by atoms with E-state index in [1.165, 1.54) is 20.8 Å². The van der Waals surface area contributed by atoms with Gasteiger partial charge in [0.2, 0.25) is 0 Å². The van der Waals surface area contributed by atoms with Gasteiger partial charge in [0.05, 0.1) is 16.8 Å². The van der Waals surface area contributed by atoms with Crippen LogP contribution in [0.5, 0.6) is 0 Å². The summed E-state index contributed by atoms with van der Waals surface area (Å²) in [5.74, 6) is 0. The predicted octanol–water partition coefficient (Wildman–Crippen LogP) is 1.75. The van der Waals surface area contributed by atoms with Crippen molar-refractivity contribution in [3.8, 4) is 0 Å². The Bertz CT molecular complexity index is 390. The second-order valence-corrected chi connectivity index (χ2v) is 3.68. The first-order valence-corrected chi connectivity index (χ1v) is 3.83. The van der Waals surface area contributed by atoms with Crippen LogP contribution < -0.4 is 0 Å². The Kier molecular flexibility index (Phi) is 1.02. The zero-order chi connectivity index (χ0) is 17.3. The van der Waals surface area contributed by atoms with Crippen molar-refractivity contribution >= 4 is 0 Å². The topological polar surface area (TPSA) is 12.5 Å². The van der Waals surface area contributed by atoms with Crippen LogP contribution in [-0.2, 0) is 4.74 Å². The summed E-state index contributed by atoms with van der Waals surface area (Å²) in [5, 5.41) is 0. The molecule has 2 nitrogen and oxygen atoms in total. The summed E-state index contributed by atoms with van der Waals surface area (Å²) in [4.78, 5) is 0.156. The van der Waals surface area contributed by atoms with Gasteiger partial charge < -0.3 is 4.74 Å². The maximum absolute atomic E-state index is 8.14. The average molecular weight is 180 g/mol. The van der Waals surface area contributed by atoms with Gasteiger partial charge in [-0.2, -0.15) is 0 Å². The number of hydrogen-bond acceptors (Lipinski definition) is 2. The van der Waals surface area contributed by atoms with Crippen LogP contribution in [0, 0.1) is 5.41 Å². The molecule has 72 valence electrons. The maximum Gasteiger partial charge on any atom is 0.0674 e. The largest absolute Gasteiger partial charge is 0.376 e. The Balaban J connectivity index is 3.63. The van der Waals surface area contributed by atoms with Crippen LogP contribution in [0.3, 0.4) is 0 Å². The summed E-state index contributed by atoms with van der Waals surface area (Å²) in [6, 6.07) is 0. The lowest BCUT2D eigenvalue weighted by atomic mass is 9.96. The second kappa shape index (κ2) is 3.75. The number of rotatable bonds is 1. The van der Waals surface area contributed by atoms with Crippen LogP contribution >= 0.6 is 0 Å². The van der Waals surface area contributed by atoms with Crippen molar-refractivity contribution in [2.45, 2.75) is 33.8 Å². The molecule has 0 saturated carbocycles. The summed E-state index contributed by atoms with van der Waals surface area (Å²) in [6.07, 6.45) is -2.49. The highest BCUT2D eigenvalue weighted by Crippen LogP contribution is 2.16. The lowest BCUT2D eigenvalue weighted by Crippen LogP contribution is -2.44. The first-order valence-electron chi connectivity index (χ1n) is 8.33. The first-order chi connectivity index (χ1) is 8.82. The molecule has 0 aromatic carbocycles. The highest BCUT2D eigenvalue weighted by atomic mass is 16.5. The SMILES string of the molecule is [2H]C1([2H])OC([2H])(C)C([2H])([2H])N(C([2H])([2H])C(C)(C)C)C1([2H])[2H]. The monoisotopic (exact) mass is 180 g/mol. The third kappa shape index (κ3) is 3.55.